The van der Waals surface area contributed by atoms with Gasteiger partial charge in [-0.25, -0.2) is 0 Å². The molecule has 2 heteroatoms. The Morgan fingerprint density at radius 3 is 2.81 bits per heavy atom. The van der Waals surface area contributed by atoms with E-state index in [2.05, 4.69) is 26.0 Å². The quantitative estimate of drug-likeness (QED) is 0.687. The smallest absolute Gasteiger partial charge is 0.139 e. The molecule has 0 aliphatic heterocycles. The Hall–Kier alpha value is -0.760. The van der Waals surface area contributed by atoms with Gasteiger partial charge < -0.3 is 0 Å². The van der Waals surface area contributed by atoms with E-state index in [-0.39, 0.29) is 5.41 Å². The fourth-order valence-electron chi connectivity index (χ4n) is 5.64. The Morgan fingerprint density at radius 2 is 2.00 bits per heavy atom. The molecule has 1 aromatic carbocycles. The van der Waals surface area contributed by atoms with E-state index in [0.29, 0.717) is 23.5 Å². The SMILES string of the molecule is Cc1ccc(S)c2c1CC[C@@H]1[C@@H]2CC[C@]2(C)C(=O)CC[C@@H]12. The zero-order chi connectivity index (χ0) is 14.8. The van der Waals surface area contributed by atoms with Gasteiger partial charge in [0.25, 0.3) is 0 Å². The zero-order valence-corrected chi connectivity index (χ0v) is 13.9. The Labute approximate surface area is 132 Å². The molecule has 3 aliphatic carbocycles. The van der Waals surface area contributed by atoms with E-state index in [4.69, 9.17) is 12.6 Å². The average Bonchev–Trinajstić information content (AvgIpc) is 2.78. The molecule has 1 aromatic rings. The molecule has 2 fully saturated rings. The van der Waals surface area contributed by atoms with Crippen LogP contribution in [0.3, 0.4) is 0 Å². The molecule has 0 bridgehead atoms. The lowest BCUT2D eigenvalue weighted by atomic mass is 9.55. The van der Waals surface area contributed by atoms with Gasteiger partial charge in [0.15, 0.2) is 0 Å². The summed E-state index contributed by atoms with van der Waals surface area (Å²) in [5.74, 6) is 2.50. The molecular weight excluding hydrogens is 276 g/mol. The first-order valence-electron chi connectivity index (χ1n) is 8.37. The third-order valence-corrected chi connectivity index (χ3v) is 7.20. The van der Waals surface area contributed by atoms with E-state index in [1.807, 2.05) is 0 Å². The molecule has 21 heavy (non-hydrogen) atoms. The predicted molar refractivity (Wildman–Crippen MR) is 88.1 cm³/mol. The minimum atomic E-state index is -0.0146. The topological polar surface area (TPSA) is 17.1 Å². The van der Waals surface area contributed by atoms with Gasteiger partial charge in [0.05, 0.1) is 0 Å². The molecular formula is C19H24OS. The van der Waals surface area contributed by atoms with Crippen LogP contribution in [0.5, 0.6) is 0 Å². The van der Waals surface area contributed by atoms with Crippen molar-refractivity contribution in [2.75, 3.05) is 0 Å². The van der Waals surface area contributed by atoms with Crippen molar-refractivity contribution in [2.24, 2.45) is 17.3 Å². The summed E-state index contributed by atoms with van der Waals surface area (Å²) in [5, 5.41) is 0. The summed E-state index contributed by atoms with van der Waals surface area (Å²) in [5.41, 5.74) is 4.49. The van der Waals surface area contributed by atoms with E-state index >= 15 is 0 Å². The maximum atomic E-state index is 12.4. The Balaban J connectivity index is 1.79. The lowest BCUT2D eigenvalue weighted by molar-refractivity contribution is -0.129. The number of fused-ring (bicyclic) bond motifs is 5. The van der Waals surface area contributed by atoms with Crippen LogP contribution in [0.15, 0.2) is 17.0 Å². The van der Waals surface area contributed by atoms with Crippen LogP contribution in [0.1, 0.15) is 61.6 Å². The summed E-state index contributed by atoms with van der Waals surface area (Å²) in [6.45, 7) is 4.48. The molecule has 112 valence electrons. The van der Waals surface area contributed by atoms with Crippen LogP contribution in [0, 0.1) is 24.2 Å². The van der Waals surface area contributed by atoms with Gasteiger partial charge in [0, 0.05) is 16.7 Å². The van der Waals surface area contributed by atoms with Crippen LogP contribution in [-0.4, -0.2) is 5.78 Å². The van der Waals surface area contributed by atoms with E-state index in [1.165, 1.54) is 35.3 Å². The second-order valence-electron chi connectivity index (χ2n) is 7.63. The second-order valence-corrected chi connectivity index (χ2v) is 8.11. The first-order chi connectivity index (χ1) is 10.0. The van der Waals surface area contributed by atoms with Gasteiger partial charge in [-0.1, -0.05) is 13.0 Å². The Bertz CT molecular complexity index is 620. The maximum absolute atomic E-state index is 12.4. The first-order valence-corrected chi connectivity index (χ1v) is 8.82. The molecule has 2 saturated carbocycles. The lowest BCUT2D eigenvalue weighted by Crippen LogP contribution is -2.42. The van der Waals surface area contributed by atoms with E-state index in [9.17, 15) is 4.79 Å². The summed E-state index contributed by atoms with van der Waals surface area (Å²) in [4.78, 5) is 13.5. The summed E-state index contributed by atoms with van der Waals surface area (Å²) < 4.78 is 0. The van der Waals surface area contributed by atoms with Gasteiger partial charge in [-0.15, -0.1) is 12.6 Å². The number of aryl methyl sites for hydroxylation is 1. The number of hydrogen-bond acceptors (Lipinski definition) is 2. The third-order valence-electron chi connectivity index (χ3n) is 6.81. The Morgan fingerprint density at radius 1 is 1.19 bits per heavy atom. The molecule has 0 aromatic heterocycles. The monoisotopic (exact) mass is 300 g/mol. The molecule has 0 heterocycles. The number of Topliss-reactive ketones (excluding diaryl/α,β-unsaturated/α-hetero) is 1. The molecule has 1 nitrogen and oxygen atoms in total. The van der Waals surface area contributed by atoms with E-state index in [0.717, 1.165) is 19.3 Å². The van der Waals surface area contributed by atoms with Crippen LogP contribution in [-0.2, 0) is 11.2 Å². The van der Waals surface area contributed by atoms with E-state index < -0.39 is 0 Å². The highest BCUT2D eigenvalue weighted by Crippen LogP contribution is 2.60. The zero-order valence-electron chi connectivity index (χ0n) is 13.0. The number of thiol groups is 1. The van der Waals surface area contributed by atoms with Crippen molar-refractivity contribution in [1.82, 2.24) is 0 Å². The molecule has 0 N–H and O–H groups in total. The number of carbonyl (C=O) groups excluding carboxylic acids is 1. The fourth-order valence-corrected chi connectivity index (χ4v) is 6.01. The minimum absolute atomic E-state index is 0.0146. The van der Waals surface area contributed by atoms with Crippen molar-refractivity contribution in [2.45, 2.75) is 63.2 Å². The van der Waals surface area contributed by atoms with Crippen LogP contribution >= 0.6 is 12.6 Å². The van der Waals surface area contributed by atoms with Crippen molar-refractivity contribution in [1.29, 1.82) is 0 Å². The molecule has 4 rings (SSSR count). The van der Waals surface area contributed by atoms with Crippen molar-refractivity contribution in [3.63, 3.8) is 0 Å². The summed E-state index contributed by atoms with van der Waals surface area (Å²) in [6.07, 6.45) is 6.64. The second kappa shape index (κ2) is 4.62. The van der Waals surface area contributed by atoms with Gasteiger partial charge in [-0.3, -0.25) is 4.79 Å². The molecule has 0 amide bonds. The molecule has 4 atom stereocenters. The highest BCUT2D eigenvalue weighted by molar-refractivity contribution is 7.80. The average molecular weight is 300 g/mol. The van der Waals surface area contributed by atoms with Crippen LogP contribution < -0.4 is 0 Å². The van der Waals surface area contributed by atoms with E-state index in [1.54, 1.807) is 5.56 Å². The van der Waals surface area contributed by atoms with Gasteiger partial charge in [0.2, 0.25) is 0 Å². The van der Waals surface area contributed by atoms with Crippen molar-refractivity contribution >= 4 is 18.4 Å². The lowest BCUT2D eigenvalue weighted by Gasteiger charge is -2.48. The van der Waals surface area contributed by atoms with Crippen LogP contribution in [0.2, 0.25) is 0 Å². The molecule has 0 spiro atoms. The molecule has 3 aliphatic rings. The van der Waals surface area contributed by atoms with Gasteiger partial charge >= 0.3 is 0 Å². The maximum Gasteiger partial charge on any atom is 0.139 e. The van der Waals surface area contributed by atoms with Crippen LogP contribution in [0.4, 0.5) is 0 Å². The standard InChI is InChI=1S/C19H24OS/c1-11-3-7-16(21)18-12(11)4-5-13-14(18)9-10-19(2)15(13)6-8-17(19)20/h3,7,13-15,21H,4-6,8-10H2,1-2H3/t13-,14+,15+,19+/m1/s1. The molecule has 0 saturated heterocycles. The number of benzene rings is 1. The van der Waals surface area contributed by atoms with Gasteiger partial charge in [-0.05, 0) is 79.5 Å². The molecule has 0 radical (unpaired) electrons. The number of hydrogen-bond donors (Lipinski definition) is 1. The third kappa shape index (κ3) is 1.81. The summed E-state index contributed by atoms with van der Waals surface area (Å²) in [7, 11) is 0. The van der Waals surface area contributed by atoms with Gasteiger partial charge in [-0.2, -0.15) is 0 Å². The largest absolute Gasteiger partial charge is 0.299 e. The number of carbonyl (C=O) groups is 1. The highest BCUT2D eigenvalue weighted by Gasteiger charge is 2.54. The fraction of sp³-hybridized carbons (Fsp3) is 0.632. The summed E-state index contributed by atoms with van der Waals surface area (Å²) >= 11 is 4.77. The Kier molecular flexibility index (Phi) is 3.05. The van der Waals surface area contributed by atoms with Crippen molar-refractivity contribution in [3.05, 3.63) is 28.8 Å². The normalized spacial score (nSPS) is 37.9. The van der Waals surface area contributed by atoms with Crippen LogP contribution in [0.25, 0.3) is 0 Å². The van der Waals surface area contributed by atoms with Crippen molar-refractivity contribution in [3.8, 4) is 0 Å². The number of rotatable bonds is 0. The predicted octanol–water partition coefficient (Wildman–Crippen LogP) is 4.71. The minimum Gasteiger partial charge on any atom is -0.299 e. The summed E-state index contributed by atoms with van der Waals surface area (Å²) in [6, 6.07) is 4.39. The first kappa shape index (κ1) is 13.9. The molecule has 0 unspecified atom stereocenters. The number of ketones is 1. The van der Waals surface area contributed by atoms with Crippen molar-refractivity contribution < 1.29 is 4.79 Å². The highest BCUT2D eigenvalue weighted by atomic mass is 32.1. The van der Waals surface area contributed by atoms with Gasteiger partial charge in [0.1, 0.15) is 5.78 Å².